The van der Waals surface area contributed by atoms with Crippen molar-refractivity contribution >= 4 is 28.3 Å². The number of carbonyl (C=O) groups is 2. The lowest BCUT2D eigenvalue weighted by Gasteiger charge is -2.09. The van der Waals surface area contributed by atoms with E-state index in [1.807, 2.05) is 18.2 Å². The maximum atomic E-state index is 11.9. The fourth-order valence-corrected chi connectivity index (χ4v) is 1.96. The summed E-state index contributed by atoms with van der Waals surface area (Å²) in [4.78, 5) is 23.2. The Kier molecular flexibility index (Phi) is 3.03. The Balaban J connectivity index is 2.05. The van der Waals surface area contributed by atoms with Crippen molar-refractivity contribution in [2.24, 2.45) is 0 Å². The number of carbonyl (C=O) groups excluding carboxylic acids is 1. The molecule has 0 saturated heterocycles. The van der Waals surface area contributed by atoms with Gasteiger partial charge in [0.2, 0.25) is 0 Å². The molecule has 0 aliphatic carbocycles. The number of anilines is 1. The lowest BCUT2D eigenvalue weighted by Crippen LogP contribution is -2.16. The van der Waals surface area contributed by atoms with Crippen LogP contribution in [0.3, 0.4) is 0 Å². The van der Waals surface area contributed by atoms with Crippen molar-refractivity contribution in [1.29, 1.82) is 0 Å². The van der Waals surface area contributed by atoms with Crippen molar-refractivity contribution in [3.63, 3.8) is 0 Å². The maximum Gasteiger partial charge on any atom is 0.337 e. The molecule has 8 heteroatoms. The normalized spacial score (nSPS) is 10.5. The molecule has 0 saturated carbocycles. The van der Waals surface area contributed by atoms with Gasteiger partial charge in [-0.3, -0.25) is 4.79 Å². The van der Waals surface area contributed by atoms with E-state index in [0.717, 1.165) is 10.8 Å². The summed E-state index contributed by atoms with van der Waals surface area (Å²) in [6, 6.07) is 10.4. The predicted octanol–water partition coefficient (Wildman–Crippen LogP) is 1.30. The van der Waals surface area contributed by atoms with Crippen LogP contribution >= 0.6 is 0 Å². The van der Waals surface area contributed by atoms with Gasteiger partial charge in [0.1, 0.15) is 0 Å². The van der Waals surface area contributed by atoms with Gasteiger partial charge in [-0.1, -0.05) is 24.3 Å². The minimum Gasteiger partial charge on any atom is -0.478 e. The number of nitrogens with one attached hydrogen (secondary N) is 2. The number of tetrazole rings is 1. The topological polar surface area (TPSA) is 121 Å². The van der Waals surface area contributed by atoms with E-state index in [1.165, 1.54) is 6.07 Å². The van der Waals surface area contributed by atoms with E-state index in [2.05, 4.69) is 25.9 Å². The zero-order valence-electron chi connectivity index (χ0n) is 10.6. The Labute approximate surface area is 117 Å². The lowest BCUT2D eigenvalue weighted by atomic mass is 10.0. The molecule has 3 aromatic rings. The highest BCUT2D eigenvalue weighted by Crippen LogP contribution is 2.24. The molecule has 0 aliphatic heterocycles. The predicted molar refractivity (Wildman–Crippen MR) is 73.0 cm³/mol. The SMILES string of the molecule is O=C(Nc1cc2ccccc2cc1C(=O)O)c1nn[nH]n1. The van der Waals surface area contributed by atoms with Gasteiger partial charge in [-0.25, -0.2) is 4.79 Å². The van der Waals surface area contributed by atoms with Crippen molar-refractivity contribution in [2.75, 3.05) is 5.32 Å². The molecular formula is C13H9N5O3. The number of rotatable bonds is 3. The second-order valence-electron chi connectivity index (χ2n) is 4.24. The van der Waals surface area contributed by atoms with Gasteiger partial charge in [0.25, 0.3) is 11.7 Å². The summed E-state index contributed by atoms with van der Waals surface area (Å²) in [5, 5.41) is 25.9. The molecule has 104 valence electrons. The van der Waals surface area contributed by atoms with Gasteiger partial charge in [0.05, 0.1) is 11.3 Å². The Bertz CT molecular complexity index is 829. The van der Waals surface area contributed by atoms with Crippen LogP contribution in [-0.4, -0.2) is 37.6 Å². The number of H-pyrrole nitrogens is 1. The number of nitrogens with zero attached hydrogens (tertiary/aromatic N) is 3. The summed E-state index contributed by atoms with van der Waals surface area (Å²) in [6.45, 7) is 0. The van der Waals surface area contributed by atoms with Crippen LogP contribution in [0.4, 0.5) is 5.69 Å². The number of carboxylic acid groups (broad SMARTS) is 1. The highest BCUT2D eigenvalue weighted by atomic mass is 16.4. The number of hydrogen-bond donors (Lipinski definition) is 3. The van der Waals surface area contributed by atoms with Gasteiger partial charge in [-0.05, 0) is 28.1 Å². The standard InChI is InChI=1S/C13H9N5O3/c19-12(11-15-17-18-16-11)14-10-6-8-4-2-1-3-7(8)5-9(10)13(20)21/h1-6H,(H,14,19)(H,20,21)(H,15,16,17,18). The van der Waals surface area contributed by atoms with Crippen LogP contribution in [-0.2, 0) is 0 Å². The molecule has 3 N–H and O–H groups in total. The Hall–Kier alpha value is -3.29. The number of aromatic carboxylic acids is 1. The quantitative estimate of drug-likeness (QED) is 0.666. The number of carboxylic acids is 1. The molecule has 0 spiro atoms. The van der Waals surface area contributed by atoms with E-state index in [1.54, 1.807) is 12.1 Å². The molecule has 8 nitrogen and oxygen atoms in total. The number of benzene rings is 2. The van der Waals surface area contributed by atoms with E-state index >= 15 is 0 Å². The second-order valence-corrected chi connectivity index (χ2v) is 4.24. The van der Waals surface area contributed by atoms with E-state index < -0.39 is 11.9 Å². The molecule has 0 atom stereocenters. The molecule has 3 rings (SSSR count). The third kappa shape index (κ3) is 2.41. The van der Waals surface area contributed by atoms with Crippen molar-refractivity contribution in [2.45, 2.75) is 0 Å². The Morgan fingerprint density at radius 3 is 2.48 bits per heavy atom. The number of fused-ring (bicyclic) bond motifs is 1. The van der Waals surface area contributed by atoms with Gasteiger partial charge in [-0.2, -0.15) is 5.21 Å². The largest absolute Gasteiger partial charge is 0.478 e. The van der Waals surface area contributed by atoms with Crippen LogP contribution < -0.4 is 5.32 Å². The van der Waals surface area contributed by atoms with Crippen LogP contribution in [0.1, 0.15) is 21.0 Å². The minimum absolute atomic E-state index is 0.00875. The second kappa shape index (κ2) is 5.00. The fraction of sp³-hybridized carbons (Fsp3) is 0. The molecule has 0 bridgehead atoms. The first-order chi connectivity index (χ1) is 10.1. The van der Waals surface area contributed by atoms with Crippen LogP contribution in [0.15, 0.2) is 36.4 Å². The molecule has 2 aromatic carbocycles. The number of hydrogen-bond acceptors (Lipinski definition) is 5. The first-order valence-electron chi connectivity index (χ1n) is 5.96. The highest BCUT2D eigenvalue weighted by molar-refractivity contribution is 6.08. The lowest BCUT2D eigenvalue weighted by molar-refractivity contribution is 0.0698. The zero-order valence-corrected chi connectivity index (χ0v) is 10.6. The number of amides is 1. The van der Waals surface area contributed by atoms with E-state index in [4.69, 9.17) is 0 Å². The molecule has 0 radical (unpaired) electrons. The average Bonchev–Trinajstić information content (AvgIpc) is 3.00. The Morgan fingerprint density at radius 2 is 1.86 bits per heavy atom. The van der Waals surface area contributed by atoms with Gasteiger partial charge < -0.3 is 10.4 Å². The minimum atomic E-state index is -1.14. The maximum absolute atomic E-state index is 11.9. The Morgan fingerprint density at radius 1 is 1.14 bits per heavy atom. The first kappa shape index (κ1) is 12.7. The van der Waals surface area contributed by atoms with Crippen molar-refractivity contribution in [3.8, 4) is 0 Å². The molecule has 1 amide bonds. The summed E-state index contributed by atoms with van der Waals surface area (Å²) in [5.41, 5.74) is 0.168. The average molecular weight is 283 g/mol. The van der Waals surface area contributed by atoms with Gasteiger partial charge in [0.15, 0.2) is 0 Å². The van der Waals surface area contributed by atoms with Crippen LogP contribution in [0.5, 0.6) is 0 Å². The van der Waals surface area contributed by atoms with E-state index in [9.17, 15) is 14.7 Å². The molecular weight excluding hydrogens is 274 g/mol. The first-order valence-corrected chi connectivity index (χ1v) is 5.96. The summed E-state index contributed by atoms with van der Waals surface area (Å²) in [7, 11) is 0. The third-order valence-corrected chi connectivity index (χ3v) is 2.91. The highest BCUT2D eigenvalue weighted by Gasteiger charge is 2.17. The molecule has 0 fully saturated rings. The van der Waals surface area contributed by atoms with Crippen LogP contribution in [0.25, 0.3) is 10.8 Å². The molecule has 0 aliphatic rings. The smallest absolute Gasteiger partial charge is 0.337 e. The van der Waals surface area contributed by atoms with Crippen molar-refractivity contribution in [1.82, 2.24) is 20.6 Å². The van der Waals surface area contributed by atoms with Crippen LogP contribution in [0.2, 0.25) is 0 Å². The summed E-state index contributed by atoms with van der Waals surface area (Å²) in [5.74, 6) is -1.94. The summed E-state index contributed by atoms with van der Waals surface area (Å²) >= 11 is 0. The van der Waals surface area contributed by atoms with Gasteiger partial charge in [0, 0.05) is 0 Å². The van der Waals surface area contributed by atoms with Gasteiger partial charge >= 0.3 is 5.97 Å². The van der Waals surface area contributed by atoms with Crippen LogP contribution in [0, 0.1) is 0 Å². The van der Waals surface area contributed by atoms with Crippen molar-refractivity contribution < 1.29 is 14.7 Å². The van der Waals surface area contributed by atoms with E-state index in [-0.39, 0.29) is 17.1 Å². The summed E-state index contributed by atoms with van der Waals surface area (Å²) in [6.07, 6.45) is 0. The number of aromatic amines is 1. The van der Waals surface area contributed by atoms with Crippen molar-refractivity contribution in [3.05, 3.63) is 47.8 Å². The van der Waals surface area contributed by atoms with E-state index in [0.29, 0.717) is 0 Å². The third-order valence-electron chi connectivity index (χ3n) is 2.91. The molecule has 1 heterocycles. The van der Waals surface area contributed by atoms with Gasteiger partial charge in [-0.15, -0.1) is 10.2 Å². The number of aromatic nitrogens is 4. The summed E-state index contributed by atoms with van der Waals surface area (Å²) < 4.78 is 0. The molecule has 21 heavy (non-hydrogen) atoms. The monoisotopic (exact) mass is 283 g/mol. The molecule has 0 unspecified atom stereocenters. The molecule has 1 aromatic heterocycles. The fourth-order valence-electron chi connectivity index (χ4n) is 1.96. The zero-order chi connectivity index (χ0) is 14.8.